The third kappa shape index (κ3) is 2.81. The Kier molecular flexibility index (Phi) is 4.12. The molecular weight excluding hydrogens is 271 g/mol. The van der Waals surface area contributed by atoms with Gasteiger partial charge in [-0.3, -0.25) is 4.79 Å². The average molecular weight is 288 g/mol. The van der Waals surface area contributed by atoms with E-state index in [0.717, 1.165) is 11.1 Å². The molecule has 0 bridgehead atoms. The summed E-state index contributed by atoms with van der Waals surface area (Å²) in [7, 11) is 1.39. The Morgan fingerprint density at radius 3 is 2.62 bits per heavy atom. The summed E-state index contributed by atoms with van der Waals surface area (Å²) < 4.78 is 18.9. The van der Waals surface area contributed by atoms with Crippen molar-refractivity contribution in [2.24, 2.45) is 0 Å². The largest absolute Gasteiger partial charge is 0.496 e. The van der Waals surface area contributed by atoms with Crippen LogP contribution in [0.15, 0.2) is 30.3 Å². The Bertz CT molecular complexity index is 699. The summed E-state index contributed by atoms with van der Waals surface area (Å²) in [6.07, 6.45) is 0. The second-order valence-electron chi connectivity index (χ2n) is 4.74. The lowest BCUT2D eigenvalue weighted by atomic mass is 10.1. The van der Waals surface area contributed by atoms with Crippen molar-refractivity contribution >= 4 is 17.3 Å². The third-order valence-electron chi connectivity index (χ3n) is 3.43. The Hall–Kier alpha value is -2.56. The molecule has 21 heavy (non-hydrogen) atoms. The van der Waals surface area contributed by atoms with Gasteiger partial charge in [-0.2, -0.15) is 0 Å². The van der Waals surface area contributed by atoms with Crippen molar-refractivity contribution < 1.29 is 13.9 Å². The van der Waals surface area contributed by atoms with E-state index in [4.69, 9.17) is 10.5 Å². The first kappa shape index (κ1) is 14.8. The van der Waals surface area contributed by atoms with Gasteiger partial charge in [0.05, 0.1) is 18.5 Å². The Balaban J connectivity index is 2.42. The van der Waals surface area contributed by atoms with Crippen molar-refractivity contribution in [1.82, 2.24) is 0 Å². The fraction of sp³-hybridized carbons (Fsp3) is 0.188. The zero-order valence-corrected chi connectivity index (χ0v) is 12.2. The molecule has 0 radical (unpaired) electrons. The van der Waals surface area contributed by atoms with Gasteiger partial charge in [0, 0.05) is 0 Å². The minimum atomic E-state index is -0.643. The van der Waals surface area contributed by atoms with Gasteiger partial charge in [0.25, 0.3) is 5.91 Å². The number of benzene rings is 2. The highest BCUT2D eigenvalue weighted by atomic mass is 19.1. The minimum absolute atomic E-state index is 0.139. The molecule has 2 aromatic carbocycles. The number of carbonyl (C=O) groups is 1. The van der Waals surface area contributed by atoms with Gasteiger partial charge in [0.1, 0.15) is 17.1 Å². The second-order valence-corrected chi connectivity index (χ2v) is 4.74. The maximum atomic E-state index is 13.9. The highest BCUT2D eigenvalue weighted by Gasteiger charge is 2.19. The van der Waals surface area contributed by atoms with Crippen LogP contribution in [0.4, 0.5) is 15.8 Å². The van der Waals surface area contributed by atoms with E-state index in [0.29, 0.717) is 11.4 Å². The summed E-state index contributed by atoms with van der Waals surface area (Å²) in [5.74, 6) is -1.06. The van der Waals surface area contributed by atoms with Gasteiger partial charge in [-0.1, -0.05) is 12.1 Å². The van der Waals surface area contributed by atoms with Gasteiger partial charge < -0.3 is 15.8 Å². The molecule has 0 atom stereocenters. The van der Waals surface area contributed by atoms with E-state index in [2.05, 4.69) is 5.32 Å². The number of nitrogens with one attached hydrogen (secondary N) is 1. The number of halogens is 1. The zero-order valence-electron chi connectivity index (χ0n) is 12.2. The van der Waals surface area contributed by atoms with Crippen molar-refractivity contribution in [1.29, 1.82) is 0 Å². The summed E-state index contributed by atoms with van der Waals surface area (Å²) in [4.78, 5) is 12.3. The van der Waals surface area contributed by atoms with Gasteiger partial charge in [-0.15, -0.1) is 0 Å². The highest BCUT2D eigenvalue weighted by molar-refractivity contribution is 6.08. The molecule has 3 N–H and O–H groups in total. The number of anilines is 2. The minimum Gasteiger partial charge on any atom is -0.496 e. The summed E-state index contributed by atoms with van der Waals surface area (Å²) in [5, 5.41) is 2.67. The number of hydrogen-bond donors (Lipinski definition) is 2. The molecule has 0 aliphatic heterocycles. The molecule has 0 aliphatic carbocycles. The van der Waals surface area contributed by atoms with E-state index < -0.39 is 11.7 Å². The molecule has 0 unspecified atom stereocenters. The van der Waals surface area contributed by atoms with E-state index in [1.54, 1.807) is 6.07 Å². The Morgan fingerprint density at radius 2 is 1.95 bits per heavy atom. The molecule has 0 aliphatic rings. The predicted octanol–water partition coefficient (Wildman–Crippen LogP) is 3.29. The van der Waals surface area contributed by atoms with Crippen LogP contribution in [0.1, 0.15) is 21.5 Å². The number of nitrogen functional groups attached to an aromatic ring is 1. The molecular formula is C16H17FN2O2. The van der Waals surface area contributed by atoms with Gasteiger partial charge in [0.2, 0.25) is 0 Å². The van der Waals surface area contributed by atoms with Crippen molar-refractivity contribution in [3.8, 4) is 5.75 Å². The van der Waals surface area contributed by atoms with Crippen LogP contribution in [-0.2, 0) is 0 Å². The second kappa shape index (κ2) is 5.83. The molecule has 0 heterocycles. The molecule has 0 spiro atoms. The van der Waals surface area contributed by atoms with E-state index in [1.807, 2.05) is 19.9 Å². The molecule has 0 aromatic heterocycles. The van der Waals surface area contributed by atoms with Gasteiger partial charge in [0.15, 0.2) is 0 Å². The molecule has 110 valence electrons. The molecule has 0 saturated heterocycles. The predicted molar refractivity (Wildman–Crippen MR) is 81.2 cm³/mol. The number of nitrogens with two attached hydrogens (primary N) is 1. The number of methoxy groups -OCH3 is 1. The smallest absolute Gasteiger partial charge is 0.262 e. The number of hydrogen-bond acceptors (Lipinski definition) is 3. The van der Waals surface area contributed by atoms with E-state index >= 15 is 0 Å². The molecule has 2 aromatic rings. The van der Waals surface area contributed by atoms with E-state index in [1.165, 1.54) is 25.3 Å². The third-order valence-corrected chi connectivity index (χ3v) is 3.43. The standard InChI is InChI=1S/C16H17FN2O2/c1-9-7-8-12(18)15(10(9)2)19-16(20)14-11(17)5-4-6-13(14)21-3/h4-8H,18H2,1-3H3,(H,19,20). The molecule has 0 fully saturated rings. The lowest BCUT2D eigenvalue weighted by Crippen LogP contribution is -2.17. The first-order valence-corrected chi connectivity index (χ1v) is 6.45. The molecule has 2 rings (SSSR count). The summed E-state index contributed by atoms with van der Waals surface area (Å²) in [6, 6.07) is 7.80. The maximum Gasteiger partial charge on any atom is 0.262 e. The topological polar surface area (TPSA) is 64.3 Å². The normalized spacial score (nSPS) is 10.3. The quantitative estimate of drug-likeness (QED) is 0.852. The number of rotatable bonds is 3. The summed E-state index contributed by atoms with van der Waals surface area (Å²) in [6.45, 7) is 3.76. The van der Waals surface area contributed by atoms with Crippen molar-refractivity contribution in [3.63, 3.8) is 0 Å². The number of amides is 1. The summed E-state index contributed by atoms with van der Waals surface area (Å²) >= 11 is 0. The highest BCUT2D eigenvalue weighted by Crippen LogP contribution is 2.28. The van der Waals surface area contributed by atoms with Crippen LogP contribution in [0.5, 0.6) is 5.75 Å². The lowest BCUT2D eigenvalue weighted by molar-refractivity contribution is 0.102. The van der Waals surface area contributed by atoms with Gasteiger partial charge in [-0.05, 0) is 43.2 Å². The Morgan fingerprint density at radius 1 is 1.24 bits per heavy atom. The van der Waals surface area contributed by atoms with Crippen LogP contribution in [0, 0.1) is 19.7 Å². The number of ether oxygens (including phenoxy) is 1. The van der Waals surface area contributed by atoms with Crippen LogP contribution >= 0.6 is 0 Å². The summed E-state index contributed by atoms with van der Waals surface area (Å²) in [5.41, 5.74) is 8.50. The van der Waals surface area contributed by atoms with Crippen LogP contribution in [0.25, 0.3) is 0 Å². The fourth-order valence-corrected chi connectivity index (χ4v) is 2.07. The van der Waals surface area contributed by atoms with Gasteiger partial charge >= 0.3 is 0 Å². The van der Waals surface area contributed by atoms with Gasteiger partial charge in [-0.25, -0.2) is 4.39 Å². The number of carbonyl (C=O) groups excluding carboxylic acids is 1. The van der Waals surface area contributed by atoms with Crippen LogP contribution < -0.4 is 15.8 Å². The molecule has 1 amide bonds. The first-order chi connectivity index (χ1) is 9.95. The maximum absolute atomic E-state index is 13.9. The molecule has 4 nitrogen and oxygen atoms in total. The lowest BCUT2D eigenvalue weighted by Gasteiger charge is -2.15. The van der Waals surface area contributed by atoms with E-state index in [9.17, 15) is 9.18 Å². The van der Waals surface area contributed by atoms with Crippen LogP contribution in [-0.4, -0.2) is 13.0 Å². The van der Waals surface area contributed by atoms with Crippen LogP contribution in [0.3, 0.4) is 0 Å². The monoisotopic (exact) mass is 288 g/mol. The average Bonchev–Trinajstić information content (AvgIpc) is 2.47. The molecule has 0 saturated carbocycles. The van der Waals surface area contributed by atoms with Crippen molar-refractivity contribution in [2.45, 2.75) is 13.8 Å². The Labute approximate surface area is 122 Å². The first-order valence-electron chi connectivity index (χ1n) is 6.45. The SMILES string of the molecule is COc1cccc(F)c1C(=O)Nc1c(N)ccc(C)c1C. The zero-order chi connectivity index (χ0) is 15.6. The number of aryl methyl sites for hydroxylation is 1. The molecule has 5 heteroatoms. The van der Waals surface area contributed by atoms with E-state index in [-0.39, 0.29) is 11.3 Å². The van der Waals surface area contributed by atoms with Crippen molar-refractivity contribution in [2.75, 3.05) is 18.2 Å². The van der Waals surface area contributed by atoms with Crippen LogP contribution in [0.2, 0.25) is 0 Å². The fourth-order valence-electron chi connectivity index (χ4n) is 2.07. The van der Waals surface area contributed by atoms with Crippen molar-refractivity contribution in [3.05, 3.63) is 52.8 Å².